The molecular weight excluding hydrogens is 383 g/mol. The van der Waals surface area contributed by atoms with Gasteiger partial charge in [-0.2, -0.15) is 0 Å². The maximum atomic E-state index is 15.3. The summed E-state index contributed by atoms with van der Waals surface area (Å²) < 4.78 is 21.5. The monoisotopic (exact) mass is 408 g/mol. The zero-order valence-corrected chi connectivity index (χ0v) is 17.5. The molecule has 2 aromatic carbocycles. The third kappa shape index (κ3) is 4.36. The molecule has 0 bridgehead atoms. The number of halogens is 1. The maximum absolute atomic E-state index is 15.3. The van der Waals surface area contributed by atoms with Crippen molar-refractivity contribution in [3.05, 3.63) is 87.7 Å². The highest BCUT2D eigenvalue weighted by atomic mass is 32.1. The number of hydrogen-bond donors (Lipinski definition) is 1. The first-order valence-electron chi connectivity index (χ1n) is 9.75. The molecule has 0 fully saturated rings. The normalized spacial score (nSPS) is 12.6. The number of thiophene rings is 1. The van der Waals surface area contributed by atoms with Gasteiger partial charge >= 0.3 is 0 Å². The van der Waals surface area contributed by atoms with E-state index in [4.69, 9.17) is 4.74 Å². The molecule has 3 nitrogen and oxygen atoms in total. The Morgan fingerprint density at radius 2 is 1.90 bits per heavy atom. The Morgan fingerprint density at radius 1 is 1.07 bits per heavy atom. The van der Waals surface area contributed by atoms with Gasteiger partial charge in [-0.1, -0.05) is 36.4 Å². The molecule has 4 rings (SSSR count). The Morgan fingerprint density at radius 3 is 2.62 bits per heavy atom. The molecular formula is C24H25FN2OS. The Hall–Kier alpha value is -2.63. The van der Waals surface area contributed by atoms with Crippen molar-refractivity contribution in [2.24, 2.45) is 0 Å². The van der Waals surface area contributed by atoms with Crippen LogP contribution in [0.4, 0.5) is 4.39 Å². The molecule has 1 unspecified atom stereocenters. The summed E-state index contributed by atoms with van der Waals surface area (Å²) in [5.74, 6) is 0.793. The molecule has 0 saturated heterocycles. The van der Waals surface area contributed by atoms with Gasteiger partial charge in [0.05, 0.1) is 5.52 Å². The number of ether oxygens (including phenoxy) is 1. The first-order chi connectivity index (χ1) is 14.1. The fourth-order valence-corrected chi connectivity index (χ4v) is 4.22. The van der Waals surface area contributed by atoms with Crippen molar-refractivity contribution in [3.63, 3.8) is 0 Å². The van der Waals surface area contributed by atoms with Crippen LogP contribution in [0, 0.1) is 0 Å². The molecule has 29 heavy (non-hydrogen) atoms. The van der Waals surface area contributed by atoms with E-state index in [1.807, 2.05) is 66.2 Å². The number of hydrogen-bond acceptors (Lipinski definition) is 3. The molecule has 0 aliphatic carbocycles. The minimum atomic E-state index is -1.15. The number of alkyl halides is 1. The van der Waals surface area contributed by atoms with Crippen LogP contribution >= 0.6 is 11.3 Å². The number of aromatic amines is 1. The highest BCUT2D eigenvalue weighted by Gasteiger charge is 2.21. The lowest BCUT2D eigenvalue weighted by Crippen LogP contribution is -2.14. The van der Waals surface area contributed by atoms with Crippen molar-refractivity contribution in [2.75, 3.05) is 20.6 Å². The van der Waals surface area contributed by atoms with Gasteiger partial charge < -0.3 is 14.6 Å². The summed E-state index contributed by atoms with van der Waals surface area (Å²) >= 11 is 1.44. The van der Waals surface area contributed by atoms with Gasteiger partial charge in [-0.25, -0.2) is 4.39 Å². The van der Waals surface area contributed by atoms with E-state index in [-0.39, 0.29) is 0 Å². The average molecular weight is 409 g/mol. The van der Waals surface area contributed by atoms with Crippen LogP contribution in [0.1, 0.15) is 27.7 Å². The smallest absolute Gasteiger partial charge is 0.161 e. The van der Waals surface area contributed by atoms with Gasteiger partial charge in [-0.15, -0.1) is 11.3 Å². The van der Waals surface area contributed by atoms with E-state index in [2.05, 4.69) is 24.0 Å². The standard InChI is InChI=1S/C24H25FN2OS/c1-27(2)13-12-18-15-26-24-19(23(25)21-9-6-14-29-21)10-11-20(22(18)24)28-16-17-7-4-3-5-8-17/h3-11,14-15,23,26H,12-13,16H2,1-2H3. The molecule has 2 aromatic heterocycles. The highest BCUT2D eigenvalue weighted by molar-refractivity contribution is 7.10. The molecule has 2 heterocycles. The second kappa shape index (κ2) is 8.80. The van der Waals surface area contributed by atoms with E-state index in [0.29, 0.717) is 17.0 Å². The quantitative estimate of drug-likeness (QED) is 0.389. The minimum absolute atomic E-state index is 0.484. The summed E-state index contributed by atoms with van der Waals surface area (Å²) in [6, 6.07) is 17.6. The number of nitrogens with one attached hydrogen (secondary N) is 1. The summed E-state index contributed by atoms with van der Waals surface area (Å²) in [4.78, 5) is 6.19. The maximum Gasteiger partial charge on any atom is 0.161 e. The number of aromatic nitrogens is 1. The van der Waals surface area contributed by atoms with Crippen LogP contribution in [0.3, 0.4) is 0 Å². The summed E-state index contributed by atoms with van der Waals surface area (Å²) in [5.41, 5.74) is 3.74. The predicted octanol–water partition coefficient (Wildman–Crippen LogP) is 5.97. The van der Waals surface area contributed by atoms with Gasteiger partial charge in [-0.05, 0) is 55.2 Å². The number of rotatable bonds is 8. The summed E-state index contributed by atoms with van der Waals surface area (Å²) in [6.07, 6.45) is 1.71. The number of nitrogens with zero attached hydrogens (tertiary/aromatic N) is 1. The lowest BCUT2D eigenvalue weighted by Gasteiger charge is -2.14. The second-order valence-corrected chi connectivity index (χ2v) is 8.40. The number of likely N-dealkylation sites (N-methyl/N-ethyl adjacent to an activating group) is 1. The molecule has 1 N–H and O–H groups in total. The minimum Gasteiger partial charge on any atom is -0.488 e. The van der Waals surface area contributed by atoms with Crippen LogP contribution in [0.25, 0.3) is 10.9 Å². The van der Waals surface area contributed by atoms with Gasteiger partial charge in [-0.3, -0.25) is 0 Å². The second-order valence-electron chi connectivity index (χ2n) is 7.42. The van der Waals surface area contributed by atoms with E-state index >= 15 is 4.39 Å². The van der Waals surface area contributed by atoms with Crippen LogP contribution in [0.5, 0.6) is 5.75 Å². The van der Waals surface area contributed by atoms with Gasteiger partial charge in [0.2, 0.25) is 0 Å². The van der Waals surface area contributed by atoms with Crippen molar-refractivity contribution in [1.29, 1.82) is 0 Å². The van der Waals surface area contributed by atoms with Crippen LogP contribution in [0.2, 0.25) is 0 Å². The summed E-state index contributed by atoms with van der Waals surface area (Å²) in [6.45, 7) is 1.40. The Labute approximate surface area is 174 Å². The predicted molar refractivity (Wildman–Crippen MR) is 119 cm³/mol. The fourth-order valence-electron chi connectivity index (χ4n) is 3.50. The van der Waals surface area contributed by atoms with Crippen molar-refractivity contribution >= 4 is 22.2 Å². The van der Waals surface area contributed by atoms with Gasteiger partial charge in [0.15, 0.2) is 6.17 Å². The Balaban J connectivity index is 1.72. The summed E-state index contributed by atoms with van der Waals surface area (Å²) in [7, 11) is 4.11. The molecule has 0 saturated carbocycles. The zero-order chi connectivity index (χ0) is 20.2. The third-order valence-electron chi connectivity index (χ3n) is 5.04. The number of benzene rings is 2. The van der Waals surface area contributed by atoms with Crippen molar-refractivity contribution < 1.29 is 9.13 Å². The SMILES string of the molecule is CN(C)CCc1c[nH]c2c(C(F)c3cccs3)ccc(OCc3ccccc3)c12. The van der Waals surface area contributed by atoms with Crippen LogP contribution < -0.4 is 4.74 Å². The molecule has 0 spiro atoms. The molecule has 1 atom stereocenters. The van der Waals surface area contributed by atoms with E-state index < -0.39 is 6.17 Å². The molecule has 0 aliphatic heterocycles. The van der Waals surface area contributed by atoms with Gasteiger partial charge in [0.25, 0.3) is 0 Å². The van der Waals surface area contributed by atoms with Crippen molar-refractivity contribution in [1.82, 2.24) is 9.88 Å². The highest BCUT2D eigenvalue weighted by Crippen LogP contribution is 2.39. The third-order valence-corrected chi connectivity index (χ3v) is 5.95. The van der Waals surface area contributed by atoms with Crippen molar-refractivity contribution in [2.45, 2.75) is 19.2 Å². The Kier molecular flexibility index (Phi) is 5.97. The lowest BCUT2D eigenvalue weighted by atomic mass is 10.0. The molecule has 0 amide bonds. The summed E-state index contributed by atoms with van der Waals surface area (Å²) in [5, 5.41) is 2.90. The van der Waals surface area contributed by atoms with Crippen LogP contribution in [-0.2, 0) is 13.0 Å². The molecule has 0 radical (unpaired) electrons. The topological polar surface area (TPSA) is 28.3 Å². The van der Waals surface area contributed by atoms with E-state index in [1.165, 1.54) is 11.3 Å². The average Bonchev–Trinajstić information content (AvgIpc) is 3.41. The van der Waals surface area contributed by atoms with E-state index in [1.54, 1.807) is 0 Å². The Bertz CT molecular complexity index is 1060. The first-order valence-corrected chi connectivity index (χ1v) is 10.6. The van der Waals surface area contributed by atoms with Crippen molar-refractivity contribution in [3.8, 4) is 5.75 Å². The molecule has 5 heteroatoms. The molecule has 150 valence electrons. The molecule has 4 aromatic rings. The van der Waals surface area contributed by atoms with Crippen LogP contribution in [-0.4, -0.2) is 30.5 Å². The first kappa shape index (κ1) is 19.7. The largest absolute Gasteiger partial charge is 0.488 e. The van der Waals surface area contributed by atoms with E-state index in [0.717, 1.165) is 40.7 Å². The van der Waals surface area contributed by atoms with Gasteiger partial charge in [0.1, 0.15) is 12.4 Å². The van der Waals surface area contributed by atoms with Crippen LogP contribution in [0.15, 0.2) is 66.2 Å². The fraction of sp³-hybridized carbons (Fsp3) is 0.250. The number of fused-ring (bicyclic) bond motifs is 1. The molecule has 0 aliphatic rings. The number of H-pyrrole nitrogens is 1. The lowest BCUT2D eigenvalue weighted by molar-refractivity contribution is 0.309. The van der Waals surface area contributed by atoms with E-state index in [9.17, 15) is 0 Å². The van der Waals surface area contributed by atoms with Gasteiger partial charge in [0, 0.05) is 28.6 Å². The zero-order valence-electron chi connectivity index (χ0n) is 16.7.